The number of nitrogens with one attached hydrogen (secondary N) is 1. The Labute approximate surface area is 197 Å². The Bertz CT molecular complexity index is 1210. The summed E-state index contributed by atoms with van der Waals surface area (Å²) in [6, 6.07) is 12.1. The number of thiazole rings is 1. The molecule has 3 aromatic rings. The molecule has 1 fully saturated rings. The number of hydrogen-bond donors (Lipinski definition) is 1. The standard InChI is InChI=1S/C23H27ClN2O4S2/c24-18-9-7-17(8-10-18)16-26-21-12-11-20(15-22(21)31-23(26)27)32(28,29)25-13-4-14-30-19-5-2-1-3-6-19/h7-12,15,19,25H,1-6,13-14,16H2. The number of hydrogen-bond acceptors (Lipinski definition) is 5. The zero-order valence-corrected chi connectivity index (χ0v) is 20.1. The lowest BCUT2D eigenvalue weighted by atomic mass is 9.98. The van der Waals surface area contributed by atoms with E-state index in [0.717, 1.165) is 35.3 Å². The van der Waals surface area contributed by atoms with Gasteiger partial charge >= 0.3 is 4.87 Å². The lowest BCUT2D eigenvalue weighted by Gasteiger charge is -2.21. The van der Waals surface area contributed by atoms with E-state index < -0.39 is 10.0 Å². The van der Waals surface area contributed by atoms with Gasteiger partial charge in [0.25, 0.3) is 0 Å². The van der Waals surface area contributed by atoms with E-state index in [0.29, 0.717) is 41.9 Å². The van der Waals surface area contributed by atoms with Crippen molar-refractivity contribution in [3.05, 3.63) is 62.7 Å². The molecule has 1 aromatic heterocycles. The maximum Gasteiger partial charge on any atom is 0.308 e. The van der Waals surface area contributed by atoms with E-state index in [9.17, 15) is 13.2 Å². The van der Waals surface area contributed by atoms with Crippen LogP contribution in [-0.4, -0.2) is 32.2 Å². The van der Waals surface area contributed by atoms with Crippen molar-refractivity contribution in [1.29, 1.82) is 0 Å². The molecule has 0 atom stereocenters. The van der Waals surface area contributed by atoms with Gasteiger partial charge in [0.05, 0.1) is 27.8 Å². The molecule has 0 spiro atoms. The normalized spacial score (nSPS) is 15.4. The molecule has 0 saturated heterocycles. The fourth-order valence-corrected chi connectivity index (χ4v) is 6.21. The van der Waals surface area contributed by atoms with Gasteiger partial charge in [-0.15, -0.1) is 0 Å². The van der Waals surface area contributed by atoms with Gasteiger partial charge in [-0.1, -0.05) is 54.3 Å². The number of nitrogens with zero attached hydrogens (tertiary/aromatic N) is 1. The van der Waals surface area contributed by atoms with Gasteiger partial charge < -0.3 is 4.74 Å². The highest BCUT2D eigenvalue weighted by molar-refractivity contribution is 7.89. The lowest BCUT2D eigenvalue weighted by molar-refractivity contribution is 0.0278. The van der Waals surface area contributed by atoms with Gasteiger partial charge in [0, 0.05) is 18.2 Å². The largest absolute Gasteiger partial charge is 0.378 e. The summed E-state index contributed by atoms with van der Waals surface area (Å²) in [6.07, 6.45) is 6.87. The number of rotatable bonds is 9. The molecule has 0 bridgehead atoms. The smallest absolute Gasteiger partial charge is 0.308 e. The third-order valence-corrected chi connectivity index (χ3v) is 8.38. The third kappa shape index (κ3) is 5.80. The van der Waals surface area contributed by atoms with Crippen LogP contribution in [0.25, 0.3) is 10.2 Å². The van der Waals surface area contributed by atoms with Gasteiger partial charge in [-0.2, -0.15) is 0 Å². The fourth-order valence-electron chi connectivity index (χ4n) is 3.98. The average Bonchev–Trinajstić information content (AvgIpc) is 3.10. The molecule has 1 saturated carbocycles. The predicted molar refractivity (Wildman–Crippen MR) is 129 cm³/mol. The number of sulfonamides is 1. The number of benzene rings is 2. The van der Waals surface area contributed by atoms with E-state index in [1.165, 1.54) is 19.3 Å². The minimum atomic E-state index is -3.65. The number of halogens is 1. The van der Waals surface area contributed by atoms with Crippen LogP contribution in [0.5, 0.6) is 0 Å². The van der Waals surface area contributed by atoms with Crippen molar-refractivity contribution in [2.45, 2.75) is 56.1 Å². The highest BCUT2D eigenvalue weighted by Crippen LogP contribution is 2.23. The first-order valence-electron chi connectivity index (χ1n) is 10.9. The lowest BCUT2D eigenvalue weighted by Crippen LogP contribution is -2.26. The van der Waals surface area contributed by atoms with Crippen LogP contribution in [0.3, 0.4) is 0 Å². The monoisotopic (exact) mass is 494 g/mol. The topological polar surface area (TPSA) is 77.4 Å². The third-order valence-electron chi connectivity index (χ3n) is 5.72. The Morgan fingerprint density at radius 3 is 2.59 bits per heavy atom. The van der Waals surface area contributed by atoms with Crippen molar-refractivity contribution in [1.82, 2.24) is 9.29 Å². The Hall–Kier alpha value is -1.71. The van der Waals surface area contributed by atoms with Gasteiger partial charge in [-0.3, -0.25) is 9.36 Å². The Balaban J connectivity index is 1.39. The van der Waals surface area contributed by atoms with Gasteiger partial charge in [-0.25, -0.2) is 13.1 Å². The molecular formula is C23H27ClN2O4S2. The van der Waals surface area contributed by atoms with Crippen molar-refractivity contribution in [2.75, 3.05) is 13.2 Å². The summed E-state index contributed by atoms with van der Waals surface area (Å²) >= 11 is 6.98. The van der Waals surface area contributed by atoms with Crippen LogP contribution in [0.15, 0.2) is 52.2 Å². The molecule has 0 unspecified atom stereocenters. The first-order valence-corrected chi connectivity index (χ1v) is 13.6. The highest BCUT2D eigenvalue weighted by Gasteiger charge is 2.17. The Kier molecular flexibility index (Phi) is 7.68. The van der Waals surface area contributed by atoms with Crippen LogP contribution in [-0.2, 0) is 21.3 Å². The van der Waals surface area contributed by atoms with Gasteiger partial charge in [0.15, 0.2) is 0 Å². The summed E-state index contributed by atoms with van der Waals surface area (Å²) in [5.74, 6) is 0. The van der Waals surface area contributed by atoms with Crippen LogP contribution < -0.4 is 9.60 Å². The number of fused-ring (bicyclic) bond motifs is 1. The summed E-state index contributed by atoms with van der Waals surface area (Å²) in [5, 5.41) is 0.638. The van der Waals surface area contributed by atoms with Crippen LogP contribution in [0, 0.1) is 0 Å². The van der Waals surface area contributed by atoms with Crippen molar-refractivity contribution >= 4 is 43.2 Å². The van der Waals surface area contributed by atoms with Crippen molar-refractivity contribution in [3.8, 4) is 0 Å². The Morgan fingerprint density at radius 2 is 1.84 bits per heavy atom. The number of ether oxygens (including phenoxy) is 1. The average molecular weight is 495 g/mol. The zero-order valence-electron chi connectivity index (χ0n) is 17.8. The first-order chi connectivity index (χ1) is 15.4. The second-order valence-electron chi connectivity index (χ2n) is 8.09. The quantitative estimate of drug-likeness (QED) is 0.434. The van der Waals surface area contributed by atoms with Crippen LogP contribution in [0.4, 0.5) is 0 Å². The van der Waals surface area contributed by atoms with Gasteiger partial charge in [0.2, 0.25) is 10.0 Å². The van der Waals surface area contributed by atoms with E-state index in [-0.39, 0.29) is 9.77 Å². The van der Waals surface area contributed by atoms with Crippen molar-refractivity contribution in [3.63, 3.8) is 0 Å². The Morgan fingerprint density at radius 1 is 1.09 bits per heavy atom. The molecular weight excluding hydrogens is 468 g/mol. The zero-order chi connectivity index (χ0) is 22.6. The molecule has 0 aliphatic heterocycles. The molecule has 9 heteroatoms. The molecule has 6 nitrogen and oxygen atoms in total. The first kappa shape index (κ1) is 23.4. The minimum Gasteiger partial charge on any atom is -0.378 e. The molecule has 2 aromatic carbocycles. The summed E-state index contributed by atoms with van der Waals surface area (Å²) in [7, 11) is -3.65. The summed E-state index contributed by atoms with van der Waals surface area (Å²) in [6.45, 7) is 1.28. The van der Waals surface area contributed by atoms with E-state index >= 15 is 0 Å². The van der Waals surface area contributed by atoms with Crippen LogP contribution in [0.2, 0.25) is 5.02 Å². The van der Waals surface area contributed by atoms with Crippen molar-refractivity contribution < 1.29 is 13.2 Å². The van der Waals surface area contributed by atoms with E-state index in [2.05, 4.69) is 4.72 Å². The maximum absolute atomic E-state index is 12.7. The molecule has 1 heterocycles. The molecule has 32 heavy (non-hydrogen) atoms. The molecule has 172 valence electrons. The minimum absolute atomic E-state index is 0.127. The predicted octanol–water partition coefficient (Wildman–Crippen LogP) is 4.78. The maximum atomic E-state index is 12.7. The molecule has 0 radical (unpaired) electrons. The van der Waals surface area contributed by atoms with Crippen LogP contribution >= 0.6 is 22.9 Å². The molecule has 1 N–H and O–H groups in total. The summed E-state index contributed by atoms with van der Waals surface area (Å²) in [5.41, 5.74) is 1.67. The van der Waals surface area contributed by atoms with E-state index in [1.807, 2.05) is 12.1 Å². The van der Waals surface area contributed by atoms with E-state index in [1.54, 1.807) is 34.9 Å². The SMILES string of the molecule is O=c1sc2cc(S(=O)(=O)NCCCOC3CCCCC3)ccc2n1Cc1ccc(Cl)cc1. The summed E-state index contributed by atoms with van der Waals surface area (Å²) in [4.78, 5) is 12.6. The second-order valence-corrected chi connectivity index (χ2v) is 11.3. The highest BCUT2D eigenvalue weighted by atomic mass is 35.5. The number of aromatic nitrogens is 1. The second kappa shape index (κ2) is 10.5. The van der Waals surface area contributed by atoms with Gasteiger partial charge in [0.1, 0.15) is 0 Å². The molecule has 1 aliphatic rings. The van der Waals surface area contributed by atoms with E-state index in [4.69, 9.17) is 16.3 Å². The van der Waals surface area contributed by atoms with Crippen molar-refractivity contribution in [2.24, 2.45) is 0 Å². The molecule has 1 aliphatic carbocycles. The van der Waals surface area contributed by atoms with Crippen LogP contribution in [0.1, 0.15) is 44.1 Å². The van der Waals surface area contributed by atoms with Gasteiger partial charge in [-0.05, 0) is 55.2 Å². The summed E-state index contributed by atoms with van der Waals surface area (Å²) < 4.78 is 36.2. The molecule has 0 amide bonds. The fraction of sp³-hybridized carbons (Fsp3) is 0.435. The molecule has 4 rings (SSSR count).